The Kier molecular flexibility index (Phi) is 7.10. The van der Waals surface area contributed by atoms with Gasteiger partial charge in [-0.15, -0.1) is 0 Å². The fraction of sp³-hybridized carbons (Fsp3) is 0.120. The van der Waals surface area contributed by atoms with Crippen LogP contribution in [0.5, 0.6) is 0 Å². The van der Waals surface area contributed by atoms with E-state index in [-0.39, 0.29) is 35.1 Å². The van der Waals surface area contributed by atoms with Crippen molar-refractivity contribution in [2.75, 3.05) is 21.3 Å². The minimum atomic E-state index is -0.736. The first kappa shape index (κ1) is 23.6. The number of aryl methyl sites for hydroxylation is 1. The van der Waals surface area contributed by atoms with Crippen LogP contribution in [0.4, 0.5) is 43.7 Å². The Morgan fingerprint density at radius 1 is 0.714 bits per heavy atom. The minimum Gasteiger partial charge on any atom is -0.342 e. The van der Waals surface area contributed by atoms with Gasteiger partial charge in [0.1, 0.15) is 17.7 Å². The monoisotopic (exact) mass is 475 g/mol. The van der Waals surface area contributed by atoms with Crippen molar-refractivity contribution in [2.24, 2.45) is 0 Å². The van der Waals surface area contributed by atoms with Crippen LogP contribution in [0.15, 0.2) is 72.8 Å². The summed E-state index contributed by atoms with van der Waals surface area (Å²) in [6.45, 7) is 3.53. The number of rotatable bonds is 8. The number of halogens is 2. The van der Waals surface area contributed by atoms with E-state index in [1.807, 2.05) is 25.1 Å². The van der Waals surface area contributed by atoms with Crippen LogP contribution in [-0.4, -0.2) is 26.9 Å². The number of carbonyl (C=O) groups is 1. The molecule has 1 aromatic heterocycles. The molecule has 0 aliphatic rings. The van der Waals surface area contributed by atoms with Crippen LogP contribution in [0.3, 0.4) is 0 Å². The Morgan fingerprint density at radius 2 is 1.17 bits per heavy atom. The van der Waals surface area contributed by atoms with Crippen molar-refractivity contribution in [3.05, 3.63) is 90.0 Å². The third kappa shape index (κ3) is 6.05. The van der Waals surface area contributed by atoms with Crippen molar-refractivity contribution < 1.29 is 13.6 Å². The minimum absolute atomic E-state index is 0.00190. The predicted molar refractivity (Wildman–Crippen MR) is 132 cm³/mol. The first-order valence-electron chi connectivity index (χ1n) is 10.8. The number of hydrogen-bond donors (Lipinski definition) is 4. The van der Waals surface area contributed by atoms with Gasteiger partial charge in [-0.3, -0.25) is 4.79 Å². The van der Waals surface area contributed by atoms with Crippen molar-refractivity contribution in [3.63, 3.8) is 0 Å². The van der Waals surface area contributed by atoms with E-state index in [0.717, 1.165) is 5.56 Å². The molecule has 0 spiro atoms. The molecule has 0 aliphatic carbocycles. The summed E-state index contributed by atoms with van der Waals surface area (Å²) in [4.78, 5) is 25.5. The van der Waals surface area contributed by atoms with Gasteiger partial charge < -0.3 is 21.3 Å². The average Bonchev–Trinajstić information content (AvgIpc) is 2.83. The van der Waals surface area contributed by atoms with E-state index >= 15 is 0 Å². The molecule has 0 unspecified atom stereocenters. The molecule has 0 radical (unpaired) electrons. The number of benzene rings is 3. The van der Waals surface area contributed by atoms with Crippen molar-refractivity contribution in [1.82, 2.24) is 15.0 Å². The van der Waals surface area contributed by atoms with Crippen LogP contribution < -0.4 is 21.3 Å². The summed E-state index contributed by atoms with van der Waals surface area (Å²) < 4.78 is 28.3. The van der Waals surface area contributed by atoms with Gasteiger partial charge in [0.15, 0.2) is 0 Å². The van der Waals surface area contributed by atoms with Gasteiger partial charge in [0.05, 0.1) is 11.4 Å². The average molecular weight is 476 g/mol. The standard InChI is InChI=1S/C25H23F2N7O/c1-15-9-3-6-12-19(15)29-22(35)16(2)28-23-32-24(30-20-13-7-4-10-17(20)26)34-25(33-23)31-21-14-8-5-11-18(21)27/h3-14,16H,1-2H3,(H,29,35)(H3,28,30,31,32,33,34)/t16-/m0/s1. The molecule has 4 N–H and O–H groups in total. The highest BCUT2D eigenvalue weighted by Gasteiger charge is 2.17. The molecule has 1 amide bonds. The van der Waals surface area contributed by atoms with Crippen LogP contribution in [0.1, 0.15) is 12.5 Å². The Hall–Kier alpha value is -4.60. The molecule has 1 heterocycles. The zero-order chi connectivity index (χ0) is 24.8. The smallest absolute Gasteiger partial charge is 0.246 e. The van der Waals surface area contributed by atoms with E-state index in [2.05, 4.69) is 36.2 Å². The van der Waals surface area contributed by atoms with E-state index in [4.69, 9.17) is 0 Å². The van der Waals surface area contributed by atoms with Gasteiger partial charge in [0.2, 0.25) is 23.8 Å². The second-order valence-electron chi connectivity index (χ2n) is 7.69. The molecule has 4 rings (SSSR count). The van der Waals surface area contributed by atoms with Crippen LogP contribution in [0, 0.1) is 18.6 Å². The molecule has 0 fully saturated rings. The fourth-order valence-corrected chi connectivity index (χ4v) is 3.13. The summed E-state index contributed by atoms with van der Waals surface area (Å²) in [5.74, 6) is -1.29. The molecule has 4 aromatic rings. The summed E-state index contributed by atoms with van der Waals surface area (Å²) in [6, 6.07) is 18.7. The second kappa shape index (κ2) is 10.6. The molecule has 0 aliphatic heterocycles. The summed E-state index contributed by atoms with van der Waals surface area (Å²) >= 11 is 0. The molecule has 8 nitrogen and oxygen atoms in total. The quantitative estimate of drug-likeness (QED) is 0.271. The number of amides is 1. The van der Waals surface area contributed by atoms with Gasteiger partial charge in [0, 0.05) is 5.69 Å². The number of aromatic nitrogens is 3. The van der Waals surface area contributed by atoms with Crippen LogP contribution in [-0.2, 0) is 4.79 Å². The normalized spacial score (nSPS) is 11.4. The zero-order valence-corrected chi connectivity index (χ0v) is 19.0. The predicted octanol–water partition coefficient (Wildman–Crippen LogP) is 5.38. The number of anilines is 6. The molecule has 0 bridgehead atoms. The molecule has 0 saturated heterocycles. The SMILES string of the molecule is Cc1ccccc1NC(=O)[C@H](C)Nc1nc(Nc2ccccc2F)nc(Nc2ccccc2F)n1. The molecule has 10 heteroatoms. The zero-order valence-electron chi connectivity index (χ0n) is 19.0. The lowest BCUT2D eigenvalue weighted by Crippen LogP contribution is -2.33. The van der Waals surface area contributed by atoms with Crippen LogP contribution in [0.25, 0.3) is 0 Å². The summed E-state index contributed by atoms with van der Waals surface area (Å²) in [7, 11) is 0. The highest BCUT2D eigenvalue weighted by molar-refractivity contribution is 5.96. The molecular weight excluding hydrogens is 452 g/mol. The first-order valence-corrected chi connectivity index (χ1v) is 10.8. The van der Waals surface area contributed by atoms with E-state index in [1.54, 1.807) is 37.3 Å². The summed E-state index contributed by atoms with van der Waals surface area (Å²) in [5.41, 5.74) is 1.89. The van der Waals surface area contributed by atoms with Gasteiger partial charge in [-0.25, -0.2) is 8.78 Å². The molecular formula is C25H23F2N7O. The summed E-state index contributed by atoms with van der Waals surface area (Å²) in [6.07, 6.45) is 0. The number of para-hydroxylation sites is 3. The second-order valence-corrected chi connectivity index (χ2v) is 7.69. The Balaban J connectivity index is 1.59. The molecule has 35 heavy (non-hydrogen) atoms. The number of hydrogen-bond acceptors (Lipinski definition) is 7. The van der Waals surface area contributed by atoms with Crippen molar-refractivity contribution in [1.29, 1.82) is 0 Å². The maximum Gasteiger partial charge on any atom is 0.246 e. The fourth-order valence-electron chi connectivity index (χ4n) is 3.13. The third-order valence-corrected chi connectivity index (χ3v) is 5.02. The van der Waals surface area contributed by atoms with Gasteiger partial charge in [-0.1, -0.05) is 42.5 Å². The lowest BCUT2D eigenvalue weighted by molar-refractivity contribution is -0.116. The highest BCUT2D eigenvalue weighted by atomic mass is 19.1. The van der Waals surface area contributed by atoms with Crippen molar-refractivity contribution in [2.45, 2.75) is 19.9 Å². The number of nitrogens with one attached hydrogen (secondary N) is 4. The van der Waals surface area contributed by atoms with Gasteiger partial charge in [-0.2, -0.15) is 15.0 Å². The largest absolute Gasteiger partial charge is 0.342 e. The molecule has 1 atom stereocenters. The highest BCUT2D eigenvalue weighted by Crippen LogP contribution is 2.22. The van der Waals surface area contributed by atoms with Crippen molar-refractivity contribution >= 4 is 40.8 Å². The Morgan fingerprint density at radius 3 is 1.69 bits per heavy atom. The van der Waals surface area contributed by atoms with Gasteiger partial charge >= 0.3 is 0 Å². The molecule has 0 saturated carbocycles. The maximum absolute atomic E-state index is 14.2. The summed E-state index contributed by atoms with van der Waals surface area (Å²) in [5, 5.41) is 11.4. The van der Waals surface area contributed by atoms with E-state index in [0.29, 0.717) is 5.69 Å². The Bertz CT molecular complexity index is 1280. The van der Waals surface area contributed by atoms with Crippen LogP contribution >= 0.6 is 0 Å². The topological polar surface area (TPSA) is 104 Å². The molecule has 3 aromatic carbocycles. The Labute approximate surface area is 200 Å². The third-order valence-electron chi connectivity index (χ3n) is 5.02. The van der Waals surface area contributed by atoms with Crippen LogP contribution in [0.2, 0.25) is 0 Å². The van der Waals surface area contributed by atoms with Gasteiger partial charge in [-0.05, 0) is 49.7 Å². The molecule has 178 valence electrons. The van der Waals surface area contributed by atoms with E-state index < -0.39 is 17.7 Å². The van der Waals surface area contributed by atoms with Crippen molar-refractivity contribution in [3.8, 4) is 0 Å². The maximum atomic E-state index is 14.2. The lowest BCUT2D eigenvalue weighted by Gasteiger charge is -2.16. The number of nitrogens with zero attached hydrogens (tertiary/aromatic N) is 3. The first-order chi connectivity index (χ1) is 16.9. The lowest BCUT2D eigenvalue weighted by atomic mass is 10.2. The number of carbonyl (C=O) groups excluding carboxylic acids is 1. The van der Waals surface area contributed by atoms with Gasteiger partial charge in [0.25, 0.3) is 0 Å². The van der Waals surface area contributed by atoms with E-state index in [9.17, 15) is 13.6 Å². The van der Waals surface area contributed by atoms with E-state index in [1.165, 1.54) is 24.3 Å².